The van der Waals surface area contributed by atoms with Gasteiger partial charge in [0.1, 0.15) is 6.04 Å². The summed E-state index contributed by atoms with van der Waals surface area (Å²) in [7, 11) is -2.62. The summed E-state index contributed by atoms with van der Waals surface area (Å²) in [5.41, 5.74) is 0. The van der Waals surface area contributed by atoms with Crippen LogP contribution in [0.2, 0.25) is 5.02 Å². The third-order valence-electron chi connectivity index (χ3n) is 2.40. The van der Waals surface area contributed by atoms with Gasteiger partial charge in [-0.2, -0.15) is 9.82 Å². The molecule has 0 bridgehead atoms. The van der Waals surface area contributed by atoms with E-state index in [2.05, 4.69) is 9.82 Å². The third-order valence-corrected chi connectivity index (χ3v) is 4.38. The topological polar surface area (TPSA) is 101 Å². The Labute approximate surface area is 116 Å². The van der Waals surface area contributed by atoms with Gasteiger partial charge < -0.3 is 5.11 Å². The first-order chi connectivity index (χ1) is 8.65. The van der Waals surface area contributed by atoms with E-state index in [1.54, 1.807) is 13.8 Å². The van der Waals surface area contributed by atoms with E-state index in [0.717, 1.165) is 4.68 Å². The second-order valence-electron chi connectivity index (χ2n) is 4.56. The first-order valence-corrected chi connectivity index (χ1v) is 7.44. The number of carboxylic acid groups (broad SMARTS) is 1. The molecule has 0 aromatic carbocycles. The second-order valence-corrected chi connectivity index (χ2v) is 6.60. The molecular formula is C10H16ClN3O4S. The van der Waals surface area contributed by atoms with Crippen LogP contribution in [0.5, 0.6) is 0 Å². The lowest BCUT2D eigenvalue weighted by molar-refractivity contribution is -0.139. The number of aryl methyl sites for hydroxylation is 1. The van der Waals surface area contributed by atoms with Crippen LogP contribution < -0.4 is 4.72 Å². The molecule has 0 amide bonds. The highest BCUT2D eigenvalue weighted by atomic mass is 35.5. The molecule has 1 aromatic heterocycles. The van der Waals surface area contributed by atoms with Crippen LogP contribution in [-0.2, 0) is 21.9 Å². The van der Waals surface area contributed by atoms with Crippen LogP contribution in [0.15, 0.2) is 11.2 Å². The number of aliphatic carboxylic acids is 1. The summed E-state index contributed by atoms with van der Waals surface area (Å²) < 4.78 is 27.4. The van der Waals surface area contributed by atoms with Crippen molar-refractivity contribution in [3.63, 3.8) is 0 Å². The maximum absolute atomic E-state index is 12.1. The van der Waals surface area contributed by atoms with E-state index in [1.165, 1.54) is 13.2 Å². The summed E-state index contributed by atoms with van der Waals surface area (Å²) in [6.45, 7) is 3.61. The fourth-order valence-electron chi connectivity index (χ4n) is 1.62. The first kappa shape index (κ1) is 15.9. The van der Waals surface area contributed by atoms with Crippen molar-refractivity contribution in [2.45, 2.75) is 31.3 Å². The Morgan fingerprint density at radius 3 is 2.53 bits per heavy atom. The zero-order valence-corrected chi connectivity index (χ0v) is 12.4. The molecule has 1 atom stereocenters. The van der Waals surface area contributed by atoms with Gasteiger partial charge in [-0.05, 0) is 12.3 Å². The van der Waals surface area contributed by atoms with Gasteiger partial charge in [-0.15, -0.1) is 0 Å². The predicted molar refractivity (Wildman–Crippen MR) is 69.4 cm³/mol. The minimum Gasteiger partial charge on any atom is -0.480 e. The number of nitrogens with zero attached hydrogens (tertiary/aromatic N) is 2. The van der Waals surface area contributed by atoms with E-state index in [9.17, 15) is 13.2 Å². The molecule has 0 aliphatic carbocycles. The summed E-state index contributed by atoms with van der Waals surface area (Å²) in [4.78, 5) is 11.1. The maximum atomic E-state index is 12.1. The highest BCUT2D eigenvalue weighted by Crippen LogP contribution is 2.20. The normalized spacial score (nSPS) is 13.7. The molecule has 0 aliphatic heterocycles. The number of carbonyl (C=O) groups is 1. The van der Waals surface area contributed by atoms with Crippen molar-refractivity contribution in [1.82, 2.24) is 14.5 Å². The van der Waals surface area contributed by atoms with Crippen molar-refractivity contribution in [3.8, 4) is 0 Å². The van der Waals surface area contributed by atoms with Gasteiger partial charge in [0.05, 0.1) is 11.2 Å². The quantitative estimate of drug-likeness (QED) is 0.811. The maximum Gasteiger partial charge on any atom is 0.321 e. The average molecular weight is 310 g/mol. The number of sulfonamides is 1. The Morgan fingerprint density at radius 1 is 1.58 bits per heavy atom. The van der Waals surface area contributed by atoms with Crippen LogP contribution in [0.25, 0.3) is 0 Å². The third kappa shape index (κ3) is 3.92. The molecule has 9 heteroatoms. The van der Waals surface area contributed by atoms with Crippen LogP contribution in [0, 0.1) is 5.92 Å². The lowest BCUT2D eigenvalue weighted by Gasteiger charge is -2.16. The Bertz CT molecular complexity index is 548. The molecule has 1 heterocycles. The Morgan fingerprint density at radius 2 is 2.16 bits per heavy atom. The average Bonchev–Trinajstić information content (AvgIpc) is 2.56. The van der Waals surface area contributed by atoms with E-state index in [0.29, 0.717) is 0 Å². The standard InChI is InChI=1S/C10H16ClN3O4S/c1-6(2)4-8(10(15)16)13-19(17,18)9-7(11)5-12-14(9)3/h5-6,8,13H,4H2,1-3H3,(H,15,16)/t8-/m0/s1. The molecule has 19 heavy (non-hydrogen) atoms. The monoisotopic (exact) mass is 309 g/mol. The molecule has 0 saturated carbocycles. The zero-order chi connectivity index (χ0) is 14.8. The molecule has 2 N–H and O–H groups in total. The molecule has 0 saturated heterocycles. The number of hydrogen-bond acceptors (Lipinski definition) is 4. The largest absolute Gasteiger partial charge is 0.480 e. The Balaban J connectivity index is 3.05. The van der Waals surface area contributed by atoms with E-state index >= 15 is 0 Å². The Kier molecular flexibility index (Phi) is 4.94. The van der Waals surface area contributed by atoms with Crippen LogP contribution in [0.3, 0.4) is 0 Å². The van der Waals surface area contributed by atoms with Crippen LogP contribution in [0.4, 0.5) is 0 Å². The van der Waals surface area contributed by atoms with Crippen LogP contribution in [-0.4, -0.2) is 35.3 Å². The number of nitrogens with one attached hydrogen (secondary N) is 1. The summed E-state index contributed by atoms with van der Waals surface area (Å²) in [6.07, 6.45) is 1.37. The van der Waals surface area contributed by atoms with Gasteiger partial charge in [-0.25, -0.2) is 8.42 Å². The van der Waals surface area contributed by atoms with Gasteiger partial charge in [0, 0.05) is 7.05 Å². The summed E-state index contributed by atoms with van der Waals surface area (Å²) in [6, 6.07) is -1.20. The molecule has 1 rings (SSSR count). The van der Waals surface area contributed by atoms with E-state index in [-0.39, 0.29) is 22.4 Å². The first-order valence-electron chi connectivity index (χ1n) is 5.57. The van der Waals surface area contributed by atoms with Gasteiger partial charge in [-0.1, -0.05) is 25.4 Å². The molecule has 0 spiro atoms. The van der Waals surface area contributed by atoms with Crippen molar-refractivity contribution in [1.29, 1.82) is 0 Å². The van der Waals surface area contributed by atoms with E-state index in [1.807, 2.05) is 0 Å². The van der Waals surface area contributed by atoms with Gasteiger partial charge in [-0.3, -0.25) is 9.48 Å². The predicted octanol–water partition coefficient (Wildman–Crippen LogP) is 0.851. The van der Waals surface area contributed by atoms with Crippen molar-refractivity contribution >= 4 is 27.6 Å². The summed E-state index contributed by atoms with van der Waals surface area (Å²) in [5, 5.41) is 12.5. The van der Waals surface area contributed by atoms with Crippen molar-refractivity contribution in [2.75, 3.05) is 0 Å². The molecule has 0 unspecified atom stereocenters. The number of hydrogen-bond donors (Lipinski definition) is 2. The minimum atomic E-state index is -4.03. The van der Waals surface area contributed by atoms with Crippen molar-refractivity contribution < 1.29 is 18.3 Å². The van der Waals surface area contributed by atoms with Gasteiger partial charge in [0.2, 0.25) is 0 Å². The highest BCUT2D eigenvalue weighted by Gasteiger charge is 2.29. The van der Waals surface area contributed by atoms with Gasteiger partial charge in [0.25, 0.3) is 10.0 Å². The Hall–Kier alpha value is -1.12. The lowest BCUT2D eigenvalue weighted by atomic mass is 10.1. The van der Waals surface area contributed by atoms with Crippen LogP contribution >= 0.6 is 11.6 Å². The zero-order valence-electron chi connectivity index (χ0n) is 10.8. The number of carboxylic acids is 1. The van der Waals surface area contributed by atoms with E-state index < -0.39 is 22.0 Å². The molecule has 108 valence electrons. The molecule has 0 aliphatic rings. The van der Waals surface area contributed by atoms with Crippen LogP contribution in [0.1, 0.15) is 20.3 Å². The smallest absolute Gasteiger partial charge is 0.321 e. The van der Waals surface area contributed by atoms with Gasteiger partial charge in [0.15, 0.2) is 5.03 Å². The van der Waals surface area contributed by atoms with Gasteiger partial charge >= 0.3 is 5.97 Å². The number of rotatable bonds is 6. The molecular weight excluding hydrogens is 294 g/mol. The molecule has 1 aromatic rings. The molecule has 0 radical (unpaired) electrons. The SMILES string of the molecule is CC(C)C[C@H](NS(=O)(=O)c1c(Cl)cnn1C)C(=O)O. The van der Waals surface area contributed by atoms with Crippen molar-refractivity contribution in [2.24, 2.45) is 13.0 Å². The second kappa shape index (κ2) is 5.89. The van der Waals surface area contributed by atoms with E-state index in [4.69, 9.17) is 16.7 Å². The summed E-state index contributed by atoms with van der Waals surface area (Å²) in [5.74, 6) is -1.19. The molecule has 0 fully saturated rings. The van der Waals surface area contributed by atoms with Crippen molar-refractivity contribution in [3.05, 3.63) is 11.2 Å². The number of aromatic nitrogens is 2. The lowest BCUT2D eigenvalue weighted by Crippen LogP contribution is -2.42. The minimum absolute atomic E-state index is 0.0332. The fourth-order valence-corrected chi connectivity index (χ4v) is 3.47. The highest BCUT2D eigenvalue weighted by molar-refractivity contribution is 7.89. The number of halogens is 1. The summed E-state index contributed by atoms with van der Waals surface area (Å²) >= 11 is 5.75. The molecule has 7 nitrogen and oxygen atoms in total. The fraction of sp³-hybridized carbons (Fsp3) is 0.600.